The fourth-order valence-corrected chi connectivity index (χ4v) is 2.98. The molecule has 1 aromatic rings. The summed E-state index contributed by atoms with van der Waals surface area (Å²) in [7, 11) is 0. The van der Waals surface area contributed by atoms with E-state index in [1.807, 2.05) is 30.3 Å². The second-order valence-electron chi connectivity index (χ2n) is 6.60. The van der Waals surface area contributed by atoms with E-state index in [0.29, 0.717) is 18.8 Å². The summed E-state index contributed by atoms with van der Waals surface area (Å²) in [4.78, 5) is 23.2. The number of para-hydroxylation sites is 1. The van der Waals surface area contributed by atoms with Gasteiger partial charge in [0.15, 0.2) is 0 Å². The Labute approximate surface area is 151 Å². The molecule has 5 nitrogen and oxygen atoms in total. The molecule has 1 unspecified atom stereocenters. The minimum atomic E-state index is -0.333. The van der Waals surface area contributed by atoms with Gasteiger partial charge in [-0.05, 0) is 37.3 Å². The lowest BCUT2D eigenvalue weighted by atomic mass is 9.91. The van der Waals surface area contributed by atoms with Crippen LogP contribution in [0.25, 0.3) is 0 Å². The van der Waals surface area contributed by atoms with Gasteiger partial charge in [0.2, 0.25) is 11.8 Å². The van der Waals surface area contributed by atoms with Gasteiger partial charge < -0.3 is 5.32 Å². The van der Waals surface area contributed by atoms with Crippen LogP contribution >= 0.6 is 0 Å². The van der Waals surface area contributed by atoms with Crippen LogP contribution in [0, 0.1) is 5.92 Å². The number of hydrogen-bond donors (Lipinski definition) is 3. The molecule has 25 heavy (non-hydrogen) atoms. The predicted octanol–water partition coefficient (Wildman–Crippen LogP) is 4.67. The fourth-order valence-electron chi connectivity index (χ4n) is 2.98. The quantitative estimate of drug-likeness (QED) is 0.275. The lowest BCUT2D eigenvalue weighted by Crippen LogP contribution is -2.19. The standard InChI is InChI=1S/C20H32N2O3/c1-2-3-4-6-10-17(15-16-20(24)22-25)11-9-14-19(23)21-18-12-7-5-8-13-18/h5,7-8,12-13,17,25H,2-4,6,9-11,14-16H2,1H3,(H,21,23)(H,22,24). The lowest BCUT2D eigenvalue weighted by molar-refractivity contribution is -0.129. The summed E-state index contributed by atoms with van der Waals surface area (Å²) in [6.07, 6.45) is 9.25. The van der Waals surface area contributed by atoms with Crippen molar-refractivity contribution in [3.63, 3.8) is 0 Å². The Morgan fingerprint density at radius 3 is 2.32 bits per heavy atom. The maximum absolute atomic E-state index is 12.0. The van der Waals surface area contributed by atoms with E-state index >= 15 is 0 Å². The maximum Gasteiger partial charge on any atom is 0.243 e. The summed E-state index contributed by atoms with van der Waals surface area (Å²) in [6.45, 7) is 2.19. The number of rotatable bonds is 13. The molecule has 1 rings (SSSR count). The number of carbonyl (C=O) groups excluding carboxylic acids is 2. The van der Waals surface area contributed by atoms with Gasteiger partial charge in [0.1, 0.15) is 0 Å². The number of hydrogen-bond acceptors (Lipinski definition) is 3. The second kappa shape index (κ2) is 13.4. The highest BCUT2D eigenvalue weighted by Gasteiger charge is 2.12. The second-order valence-corrected chi connectivity index (χ2v) is 6.60. The summed E-state index contributed by atoms with van der Waals surface area (Å²) in [5.74, 6) is 0.128. The molecule has 0 aliphatic rings. The van der Waals surface area contributed by atoms with Crippen LogP contribution in [0.2, 0.25) is 0 Å². The molecule has 0 aromatic heterocycles. The number of amides is 2. The molecule has 0 aliphatic heterocycles. The number of anilines is 1. The molecule has 0 saturated heterocycles. The van der Waals surface area contributed by atoms with Gasteiger partial charge in [0.05, 0.1) is 0 Å². The molecule has 0 fully saturated rings. The molecular formula is C20H32N2O3. The third-order valence-corrected chi connectivity index (χ3v) is 4.44. The van der Waals surface area contributed by atoms with Gasteiger partial charge in [-0.2, -0.15) is 0 Å². The first-order valence-electron chi connectivity index (χ1n) is 9.43. The molecule has 1 atom stereocenters. The maximum atomic E-state index is 12.0. The Hall–Kier alpha value is -1.88. The number of unbranched alkanes of at least 4 members (excludes halogenated alkanes) is 3. The van der Waals surface area contributed by atoms with Gasteiger partial charge >= 0.3 is 0 Å². The molecule has 0 saturated carbocycles. The van der Waals surface area contributed by atoms with Gasteiger partial charge in [0, 0.05) is 18.5 Å². The summed E-state index contributed by atoms with van der Waals surface area (Å²) in [5, 5.41) is 11.5. The minimum absolute atomic E-state index is 0.0315. The lowest BCUT2D eigenvalue weighted by Gasteiger charge is -2.16. The smallest absolute Gasteiger partial charge is 0.243 e. The molecule has 0 aliphatic carbocycles. The SMILES string of the molecule is CCCCCCC(CCCC(=O)Nc1ccccc1)CCC(=O)NO. The Balaban J connectivity index is 2.31. The first-order valence-corrected chi connectivity index (χ1v) is 9.43. The van der Waals surface area contributed by atoms with Crippen molar-refractivity contribution < 1.29 is 14.8 Å². The van der Waals surface area contributed by atoms with Crippen molar-refractivity contribution in [3.8, 4) is 0 Å². The van der Waals surface area contributed by atoms with E-state index in [2.05, 4.69) is 12.2 Å². The molecular weight excluding hydrogens is 316 g/mol. The fraction of sp³-hybridized carbons (Fsp3) is 0.600. The average Bonchev–Trinajstić information content (AvgIpc) is 2.63. The molecule has 0 spiro atoms. The largest absolute Gasteiger partial charge is 0.326 e. The van der Waals surface area contributed by atoms with Crippen LogP contribution in [0.5, 0.6) is 0 Å². The highest BCUT2D eigenvalue weighted by atomic mass is 16.5. The van der Waals surface area contributed by atoms with Crippen molar-refractivity contribution in [2.45, 2.75) is 71.1 Å². The summed E-state index contributed by atoms with van der Waals surface area (Å²) < 4.78 is 0. The van der Waals surface area contributed by atoms with Crippen molar-refractivity contribution >= 4 is 17.5 Å². The summed E-state index contributed by atoms with van der Waals surface area (Å²) in [6, 6.07) is 9.47. The van der Waals surface area contributed by atoms with E-state index in [1.165, 1.54) is 19.3 Å². The van der Waals surface area contributed by atoms with Crippen molar-refractivity contribution in [1.29, 1.82) is 0 Å². The molecule has 0 bridgehead atoms. The van der Waals surface area contributed by atoms with Crippen LogP contribution in [0.15, 0.2) is 30.3 Å². The van der Waals surface area contributed by atoms with Crippen LogP contribution in [0.1, 0.15) is 71.1 Å². The van der Waals surface area contributed by atoms with E-state index in [-0.39, 0.29) is 11.8 Å². The zero-order valence-corrected chi connectivity index (χ0v) is 15.3. The van der Waals surface area contributed by atoms with E-state index in [4.69, 9.17) is 5.21 Å². The van der Waals surface area contributed by atoms with Gasteiger partial charge in [-0.25, -0.2) is 5.48 Å². The van der Waals surface area contributed by atoms with Crippen molar-refractivity contribution in [1.82, 2.24) is 5.48 Å². The predicted molar refractivity (Wildman–Crippen MR) is 100 cm³/mol. The van der Waals surface area contributed by atoms with Crippen LogP contribution in [-0.4, -0.2) is 17.0 Å². The number of benzene rings is 1. The zero-order chi connectivity index (χ0) is 18.3. The van der Waals surface area contributed by atoms with Crippen molar-refractivity contribution in [3.05, 3.63) is 30.3 Å². The molecule has 0 radical (unpaired) electrons. The van der Waals surface area contributed by atoms with Gasteiger partial charge in [-0.15, -0.1) is 0 Å². The normalized spacial score (nSPS) is 11.8. The number of hydroxylamine groups is 1. The first-order chi connectivity index (χ1) is 12.2. The summed E-state index contributed by atoms with van der Waals surface area (Å²) >= 11 is 0. The topological polar surface area (TPSA) is 78.4 Å². The monoisotopic (exact) mass is 348 g/mol. The van der Waals surface area contributed by atoms with Crippen LogP contribution in [0.4, 0.5) is 5.69 Å². The highest BCUT2D eigenvalue weighted by Crippen LogP contribution is 2.22. The molecule has 1 aromatic carbocycles. The number of carbonyl (C=O) groups is 2. The molecule has 0 heterocycles. The third-order valence-electron chi connectivity index (χ3n) is 4.44. The minimum Gasteiger partial charge on any atom is -0.326 e. The van der Waals surface area contributed by atoms with Gasteiger partial charge in [0.25, 0.3) is 0 Å². The Morgan fingerprint density at radius 2 is 1.64 bits per heavy atom. The van der Waals surface area contributed by atoms with E-state index in [0.717, 1.165) is 37.8 Å². The first kappa shape index (κ1) is 21.2. The Morgan fingerprint density at radius 1 is 0.920 bits per heavy atom. The molecule has 3 N–H and O–H groups in total. The van der Waals surface area contributed by atoms with E-state index in [9.17, 15) is 9.59 Å². The zero-order valence-electron chi connectivity index (χ0n) is 15.3. The molecule has 2 amide bonds. The molecule has 5 heteroatoms. The Bertz CT molecular complexity index is 491. The highest BCUT2D eigenvalue weighted by molar-refractivity contribution is 5.90. The molecule has 140 valence electrons. The Kier molecular flexibility index (Phi) is 11.4. The third kappa shape index (κ3) is 10.6. The average molecular weight is 348 g/mol. The van der Waals surface area contributed by atoms with E-state index < -0.39 is 0 Å². The van der Waals surface area contributed by atoms with Crippen molar-refractivity contribution in [2.75, 3.05) is 5.32 Å². The van der Waals surface area contributed by atoms with E-state index in [1.54, 1.807) is 5.48 Å². The van der Waals surface area contributed by atoms with Crippen LogP contribution in [-0.2, 0) is 9.59 Å². The van der Waals surface area contributed by atoms with Crippen LogP contribution < -0.4 is 10.8 Å². The van der Waals surface area contributed by atoms with Gasteiger partial charge in [-0.1, -0.05) is 57.2 Å². The van der Waals surface area contributed by atoms with Gasteiger partial charge in [-0.3, -0.25) is 14.8 Å². The van der Waals surface area contributed by atoms with Crippen LogP contribution in [0.3, 0.4) is 0 Å². The summed E-state index contributed by atoms with van der Waals surface area (Å²) in [5.41, 5.74) is 2.52. The number of nitrogens with one attached hydrogen (secondary N) is 2. The van der Waals surface area contributed by atoms with Crippen molar-refractivity contribution in [2.24, 2.45) is 5.92 Å².